The number of nitrogens with zero attached hydrogens (tertiary/aromatic N) is 4. The topological polar surface area (TPSA) is 256 Å². The Kier molecular flexibility index (Phi) is 10.3. The minimum absolute atomic E-state index is 0.0870. The molecular weight excluding hydrogens is 448 g/mol. The van der Waals surface area contributed by atoms with Gasteiger partial charge in [-0.2, -0.15) is 0 Å². The van der Waals surface area contributed by atoms with Crippen LogP contribution in [0.1, 0.15) is 32.1 Å². The van der Waals surface area contributed by atoms with Crippen LogP contribution in [-0.2, 0) is 28.8 Å². The summed E-state index contributed by atoms with van der Waals surface area (Å²) >= 11 is 0. The number of carbonyl (C=O) groups is 7. The minimum atomic E-state index is -1.98. The highest BCUT2D eigenvalue weighted by Gasteiger charge is 2.50. The predicted octanol–water partition coefficient (Wildman–Crippen LogP) is -0.703. The third-order valence-corrected chi connectivity index (χ3v) is 4.72. The fourth-order valence-electron chi connectivity index (χ4n) is 3.17. The molecule has 1 fully saturated rings. The van der Waals surface area contributed by atoms with Crippen LogP contribution >= 0.6 is 0 Å². The van der Waals surface area contributed by atoms with Gasteiger partial charge in [0.2, 0.25) is 17.7 Å². The molecule has 1 rings (SSSR count). The van der Waals surface area contributed by atoms with Crippen molar-refractivity contribution >= 4 is 41.7 Å². The molecule has 1 unspecified atom stereocenters. The lowest BCUT2D eigenvalue weighted by molar-refractivity contribution is -0.160. The highest BCUT2D eigenvalue weighted by molar-refractivity contribution is 6.18. The van der Waals surface area contributed by atoms with Gasteiger partial charge in [0.25, 0.3) is 0 Å². The molecule has 16 heteroatoms. The molecule has 0 spiro atoms. The maximum absolute atomic E-state index is 12.8. The lowest BCUT2D eigenvalue weighted by Gasteiger charge is -2.35. The van der Waals surface area contributed by atoms with Gasteiger partial charge in [-0.05, 0) is 31.2 Å². The fraction of sp³-hybridized carbons (Fsp3) is 0.588. The zero-order chi connectivity index (χ0) is 25.1. The number of carboxylic acid groups (broad SMARTS) is 3. The molecule has 0 aromatic rings. The maximum atomic E-state index is 12.8. The third-order valence-electron chi connectivity index (χ3n) is 4.72. The van der Waals surface area contributed by atoms with Crippen LogP contribution < -0.4 is 10.6 Å². The zero-order valence-electron chi connectivity index (χ0n) is 17.2. The second-order valence-electron chi connectivity index (χ2n) is 6.95. The van der Waals surface area contributed by atoms with Crippen molar-refractivity contribution in [1.82, 2.24) is 15.5 Å². The van der Waals surface area contributed by atoms with Gasteiger partial charge in [0.05, 0.1) is 5.92 Å². The Balaban J connectivity index is 2.91. The molecule has 33 heavy (non-hydrogen) atoms. The van der Waals surface area contributed by atoms with E-state index in [-0.39, 0.29) is 30.7 Å². The van der Waals surface area contributed by atoms with Crippen molar-refractivity contribution in [1.29, 1.82) is 0 Å². The molecule has 1 saturated heterocycles. The van der Waals surface area contributed by atoms with Gasteiger partial charge in [0, 0.05) is 17.9 Å². The van der Waals surface area contributed by atoms with Crippen molar-refractivity contribution in [2.24, 2.45) is 17.0 Å². The van der Waals surface area contributed by atoms with Gasteiger partial charge in [-0.1, -0.05) is 5.11 Å². The Morgan fingerprint density at radius 3 is 2.30 bits per heavy atom. The molecule has 5 amide bonds. The summed E-state index contributed by atoms with van der Waals surface area (Å²) in [7, 11) is 0. The van der Waals surface area contributed by atoms with Gasteiger partial charge in [-0.15, -0.1) is 0 Å². The predicted molar refractivity (Wildman–Crippen MR) is 104 cm³/mol. The number of carboxylic acids is 3. The number of azide groups is 1. The van der Waals surface area contributed by atoms with Gasteiger partial charge >= 0.3 is 23.9 Å². The Labute approximate surface area is 185 Å². The average Bonchev–Trinajstić information content (AvgIpc) is 2.71. The first-order valence-electron chi connectivity index (χ1n) is 9.64. The molecule has 0 saturated carbocycles. The lowest BCUT2D eigenvalue weighted by Crippen LogP contribution is -2.64. The number of rotatable bonds is 14. The zero-order valence-corrected chi connectivity index (χ0v) is 17.2. The van der Waals surface area contributed by atoms with Crippen molar-refractivity contribution in [3.8, 4) is 0 Å². The van der Waals surface area contributed by atoms with E-state index in [1.165, 1.54) is 0 Å². The number of hydrogen-bond acceptors (Lipinski definition) is 8. The summed E-state index contributed by atoms with van der Waals surface area (Å²) in [6, 6.07) is -3.07. The molecular formula is C17H22N6O10. The molecule has 0 aromatic heterocycles. The van der Waals surface area contributed by atoms with E-state index in [0.29, 0.717) is 0 Å². The standard InChI is InChI=1S/C17H22N6O10/c18-22-20-7-10(24)19-6-2-1-3-9(16(31)32)23-14(28)12(13(27)21-17(23)33)8(15(29)30)4-5-11(25)26/h8-9,12H,1-7H2,(H,19,24)(H,25,26)(H,29,30)(H,31,32)(H,21,27,33)/t8-,9-,12?/m0/s1. The van der Waals surface area contributed by atoms with Crippen LogP contribution in [0.25, 0.3) is 10.4 Å². The normalized spacial score (nSPS) is 17.4. The largest absolute Gasteiger partial charge is 0.481 e. The second kappa shape index (κ2) is 12.6. The van der Waals surface area contributed by atoms with Gasteiger partial charge in [-0.25, -0.2) is 14.5 Å². The summed E-state index contributed by atoms with van der Waals surface area (Å²) in [4.78, 5) is 85.3. The van der Waals surface area contributed by atoms with Gasteiger partial charge in [0.15, 0.2) is 0 Å². The highest BCUT2D eigenvalue weighted by atomic mass is 16.4. The number of urea groups is 1. The molecule has 5 N–H and O–H groups in total. The summed E-state index contributed by atoms with van der Waals surface area (Å²) in [5.41, 5.74) is 8.14. The first-order chi connectivity index (χ1) is 15.5. The first-order valence-corrected chi connectivity index (χ1v) is 9.64. The number of unbranched alkanes of at least 4 members (excludes halogenated alkanes) is 1. The van der Waals surface area contributed by atoms with Crippen molar-refractivity contribution < 1.29 is 48.9 Å². The molecule has 0 radical (unpaired) electrons. The van der Waals surface area contributed by atoms with Gasteiger partial charge in [-0.3, -0.25) is 29.3 Å². The number of aliphatic carboxylic acids is 3. The van der Waals surface area contributed by atoms with Gasteiger partial charge in [0.1, 0.15) is 18.5 Å². The summed E-state index contributed by atoms with van der Waals surface area (Å²) in [6.45, 7) is -0.331. The van der Waals surface area contributed by atoms with E-state index < -0.39 is 78.9 Å². The molecule has 180 valence electrons. The van der Waals surface area contributed by atoms with E-state index >= 15 is 0 Å². The minimum Gasteiger partial charge on any atom is -0.481 e. The van der Waals surface area contributed by atoms with E-state index in [1.54, 1.807) is 5.32 Å². The molecule has 0 aromatic carbocycles. The number of hydrogen-bond donors (Lipinski definition) is 5. The van der Waals surface area contributed by atoms with Crippen LogP contribution in [-0.4, -0.2) is 81.0 Å². The molecule has 16 nitrogen and oxygen atoms in total. The monoisotopic (exact) mass is 470 g/mol. The van der Waals surface area contributed by atoms with Crippen molar-refractivity contribution in [2.45, 2.75) is 38.1 Å². The van der Waals surface area contributed by atoms with E-state index in [4.69, 9.17) is 10.6 Å². The Morgan fingerprint density at radius 1 is 1.09 bits per heavy atom. The van der Waals surface area contributed by atoms with Crippen molar-refractivity contribution in [2.75, 3.05) is 13.1 Å². The van der Waals surface area contributed by atoms with Crippen LogP contribution in [0.15, 0.2) is 5.11 Å². The smallest absolute Gasteiger partial charge is 0.331 e. The number of barbiturate groups is 1. The molecule has 1 aliphatic heterocycles. The maximum Gasteiger partial charge on any atom is 0.331 e. The van der Waals surface area contributed by atoms with Crippen LogP contribution in [0.2, 0.25) is 0 Å². The first kappa shape index (κ1) is 26.8. The summed E-state index contributed by atoms with van der Waals surface area (Å²) in [5, 5.41) is 34.9. The quantitative estimate of drug-likeness (QED) is 0.0700. The lowest BCUT2D eigenvalue weighted by atomic mass is 9.85. The molecule has 0 aliphatic carbocycles. The molecule has 0 bridgehead atoms. The van der Waals surface area contributed by atoms with Crippen LogP contribution in [0.3, 0.4) is 0 Å². The van der Waals surface area contributed by atoms with Crippen LogP contribution in [0.4, 0.5) is 4.79 Å². The van der Waals surface area contributed by atoms with Crippen LogP contribution in [0, 0.1) is 11.8 Å². The molecule has 1 aliphatic rings. The Bertz CT molecular complexity index is 884. The SMILES string of the molecule is [N-]=[N+]=NCC(=O)NCCCC[C@@H](C(=O)O)N1C(=O)NC(=O)C([C@H](CCC(=O)O)C(=O)O)C1=O. The van der Waals surface area contributed by atoms with E-state index in [1.807, 2.05) is 0 Å². The Hall–Kier alpha value is -4.20. The fourth-order valence-corrected chi connectivity index (χ4v) is 3.17. The summed E-state index contributed by atoms with van der Waals surface area (Å²) in [5.74, 6) is -11.5. The molecule has 1 heterocycles. The second-order valence-corrected chi connectivity index (χ2v) is 6.95. The Morgan fingerprint density at radius 2 is 1.76 bits per heavy atom. The number of nitrogens with one attached hydrogen (secondary N) is 2. The summed E-state index contributed by atoms with van der Waals surface area (Å²) in [6.07, 6.45) is -1.20. The van der Waals surface area contributed by atoms with Crippen molar-refractivity contribution in [3.05, 3.63) is 10.4 Å². The number of amides is 5. The average molecular weight is 470 g/mol. The van der Waals surface area contributed by atoms with Gasteiger partial charge < -0.3 is 20.6 Å². The van der Waals surface area contributed by atoms with Crippen molar-refractivity contribution in [3.63, 3.8) is 0 Å². The van der Waals surface area contributed by atoms with E-state index in [2.05, 4.69) is 15.3 Å². The number of imide groups is 2. The third kappa shape index (κ3) is 7.77. The van der Waals surface area contributed by atoms with E-state index in [9.17, 15) is 43.8 Å². The number of carbonyl (C=O) groups excluding carboxylic acids is 4. The van der Waals surface area contributed by atoms with E-state index in [0.717, 1.165) is 0 Å². The highest BCUT2D eigenvalue weighted by Crippen LogP contribution is 2.26. The summed E-state index contributed by atoms with van der Waals surface area (Å²) < 4.78 is 0. The molecule has 3 atom stereocenters. The van der Waals surface area contributed by atoms with Crippen LogP contribution in [0.5, 0.6) is 0 Å².